The molecular formula is C22H23NO5. The van der Waals surface area contributed by atoms with Crippen LogP contribution in [0.25, 0.3) is 10.9 Å². The zero-order valence-corrected chi connectivity index (χ0v) is 16.4. The quantitative estimate of drug-likeness (QED) is 0.654. The molecule has 0 aliphatic rings. The second-order valence-electron chi connectivity index (χ2n) is 6.76. The molecule has 3 aromatic rings. The van der Waals surface area contributed by atoms with Gasteiger partial charge in [-0.3, -0.25) is 0 Å². The molecule has 0 aliphatic carbocycles. The van der Waals surface area contributed by atoms with Gasteiger partial charge < -0.3 is 19.1 Å². The Balaban J connectivity index is 1.93. The first-order valence-electron chi connectivity index (χ1n) is 8.98. The minimum absolute atomic E-state index is 0.278. The smallest absolute Gasteiger partial charge is 0.346 e. The van der Waals surface area contributed by atoms with Crippen LogP contribution in [0.5, 0.6) is 5.75 Å². The summed E-state index contributed by atoms with van der Waals surface area (Å²) in [6, 6.07) is 12.7. The van der Waals surface area contributed by atoms with Crippen LogP contribution in [0.3, 0.4) is 0 Å². The van der Waals surface area contributed by atoms with Gasteiger partial charge in [-0.1, -0.05) is 12.1 Å². The molecule has 6 nitrogen and oxygen atoms in total. The molecule has 3 rings (SSSR count). The van der Waals surface area contributed by atoms with Crippen LogP contribution >= 0.6 is 0 Å². The molecule has 1 atom stereocenters. The Morgan fingerprint density at radius 2 is 1.89 bits per heavy atom. The van der Waals surface area contributed by atoms with Crippen molar-refractivity contribution in [2.24, 2.45) is 0 Å². The number of nitrogens with zero attached hydrogens (tertiary/aromatic N) is 1. The van der Waals surface area contributed by atoms with Gasteiger partial charge in [0, 0.05) is 23.1 Å². The normalized spacial score (nSPS) is 12.0. The van der Waals surface area contributed by atoms with E-state index in [2.05, 4.69) is 4.57 Å². The van der Waals surface area contributed by atoms with Crippen molar-refractivity contribution in [3.63, 3.8) is 0 Å². The lowest BCUT2D eigenvalue weighted by atomic mass is 10.1. The van der Waals surface area contributed by atoms with Crippen molar-refractivity contribution in [1.82, 2.24) is 4.57 Å². The van der Waals surface area contributed by atoms with Crippen LogP contribution in [-0.2, 0) is 16.1 Å². The van der Waals surface area contributed by atoms with E-state index in [1.54, 1.807) is 25.1 Å². The fourth-order valence-electron chi connectivity index (χ4n) is 3.30. The second kappa shape index (κ2) is 7.76. The number of aryl methyl sites for hydroxylation is 1. The van der Waals surface area contributed by atoms with Crippen LogP contribution in [0.4, 0.5) is 0 Å². The van der Waals surface area contributed by atoms with Crippen LogP contribution in [0.15, 0.2) is 42.5 Å². The van der Waals surface area contributed by atoms with Crippen LogP contribution in [0.2, 0.25) is 0 Å². The van der Waals surface area contributed by atoms with Crippen LogP contribution < -0.4 is 4.74 Å². The topological polar surface area (TPSA) is 77.8 Å². The summed E-state index contributed by atoms with van der Waals surface area (Å²) in [5.41, 5.74) is 4.41. The molecule has 28 heavy (non-hydrogen) atoms. The average molecular weight is 381 g/mol. The SMILES string of the molecule is COC(=O)[C@H](C)Oc1cccc(Cn2c(C)c(C)c3cc(C(=O)O)ccc32)c1. The lowest BCUT2D eigenvalue weighted by Gasteiger charge is -2.14. The third-order valence-electron chi connectivity index (χ3n) is 4.97. The molecule has 1 aromatic heterocycles. The van der Waals surface area contributed by atoms with E-state index in [-0.39, 0.29) is 5.56 Å². The van der Waals surface area contributed by atoms with Gasteiger partial charge in [-0.25, -0.2) is 9.59 Å². The van der Waals surface area contributed by atoms with E-state index < -0.39 is 18.0 Å². The maximum atomic E-state index is 11.6. The first kappa shape index (κ1) is 19.5. The molecule has 0 aliphatic heterocycles. The minimum atomic E-state index is -0.934. The van der Waals surface area contributed by atoms with Gasteiger partial charge in [-0.15, -0.1) is 0 Å². The molecule has 0 fully saturated rings. The van der Waals surface area contributed by atoms with Crippen LogP contribution in [-0.4, -0.2) is 34.8 Å². The molecule has 6 heteroatoms. The number of aromatic carboxylic acids is 1. The predicted octanol–water partition coefficient (Wildman–Crippen LogP) is 3.94. The molecular weight excluding hydrogens is 358 g/mol. The minimum Gasteiger partial charge on any atom is -0.479 e. The number of esters is 1. The number of benzene rings is 2. The number of carboxylic acid groups (broad SMARTS) is 1. The van der Waals surface area contributed by atoms with Gasteiger partial charge >= 0.3 is 11.9 Å². The van der Waals surface area contributed by atoms with E-state index in [4.69, 9.17) is 9.47 Å². The van der Waals surface area contributed by atoms with Gasteiger partial charge in [0.05, 0.1) is 12.7 Å². The Hall–Kier alpha value is -3.28. The van der Waals surface area contributed by atoms with Gasteiger partial charge in [0.2, 0.25) is 0 Å². The highest BCUT2D eigenvalue weighted by Gasteiger charge is 2.16. The molecule has 1 heterocycles. The van der Waals surface area contributed by atoms with Crippen molar-refractivity contribution in [2.75, 3.05) is 7.11 Å². The lowest BCUT2D eigenvalue weighted by molar-refractivity contribution is -0.147. The van der Waals surface area contributed by atoms with E-state index >= 15 is 0 Å². The standard InChI is InChI=1S/C22H23NO5/c1-13-14(2)23(20-9-8-17(21(24)25)11-19(13)20)12-16-6-5-7-18(10-16)28-15(3)22(26)27-4/h5-11,15H,12H2,1-4H3,(H,24,25)/t15-/m0/s1. The highest BCUT2D eigenvalue weighted by Crippen LogP contribution is 2.28. The lowest BCUT2D eigenvalue weighted by Crippen LogP contribution is -2.24. The first-order chi connectivity index (χ1) is 13.3. The molecule has 0 unspecified atom stereocenters. The third-order valence-corrected chi connectivity index (χ3v) is 4.97. The number of ether oxygens (including phenoxy) is 2. The Labute approximate surface area is 163 Å². The summed E-state index contributed by atoms with van der Waals surface area (Å²) in [6.07, 6.45) is -0.689. The molecule has 0 radical (unpaired) electrons. The summed E-state index contributed by atoms with van der Waals surface area (Å²) < 4.78 is 12.5. The number of hydrogen-bond donors (Lipinski definition) is 1. The Morgan fingerprint density at radius 3 is 2.57 bits per heavy atom. The fourth-order valence-corrected chi connectivity index (χ4v) is 3.30. The van der Waals surface area contributed by atoms with Crippen molar-refractivity contribution in [2.45, 2.75) is 33.4 Å². The summed E-state index contributed by atoms with van der Waals surface area (Å²) in [5.74, 6) is -0.770. The number of carboxylic acids is 1. The number of carbonyl (C=O) groups excluding carboxylic acids is 1. The number of hydrogen-bond acceptors (Lipinski definition) is 4. The second-order valence-corrected chi connectivity index (χ2v) is 6.76. The number of fused-ring (bicyclic) bond motifs is 1. The number of aromatic nitrogens is 1. The highest BCUT2D eigenvalue weighted by atomic mass is 16.6. The van der Waals surface area contributed by atoms with Crippen molar-refractivity contribution >= 4 is 22.8 Å². The zero-order chi connectivity index (χ0) is 20.4. The van der Waals surface area contributed by atoms with E-state index in [1.807, 2.05) is 38.1 Å². The molecule has 0 bridgehead atoms. The van der Waals surface area contributed by atoms with Crippen LogP contribution in [0.1, 0.15) is 34.1 Å². The zero-order valence-electron chi connectivity index (χ0n) is 16.4. The van der Waals surface area contributed by atoms with E-state index in [0.717, 1.165) is 27.7 Å². The largest absolute Gasteiger partial charge is 0.479 e. The molecule has 0 saturated heterocycles. The summed E-state index contributed by atoms with van der Waals surface area (Å²) in [5, 5.41) is 10.2. The summed E-state index contributed by atoms with van der Waals surface area (Å²) in [6.45, 7) is 6.27. The fraction of sp³-hybridized carbons (Fsp3) is 0.273. The Morgan fingerprint density at radius 1 is 1.14 bits per heavy atom. The van der Waals surface area contributed by atoms with E-state index in [9.17, 15) is 14.7 Å². The van der Waals surface area contributed by atoms with Gasteiger partial charge in [0.15, 0.2) is 6.10 Å². The summed E-state index contributed by atoms with van der Waals surface area (Å²) in [4.78, 5) is 22.8. The third kappa shape index (κ3) is 3.71. The van der Waals surface area contributed by atoms with Gasteiger partial charge in [0.1, 0.15) is 5.75 Å². The molecule has 2 aromatic carbocycles. The van der Waals surface area contributed by atoms with Gasteiger partial charge in [0.25, 0.3) is 0 Å². The van der Waals surface area contributed by atoms with E-state index in [1.165, 1.54) is 7.11 Å². The van der Waals surface area contributed by atoms with Crippen LogP contribution in [0, 0.1) is 13.8 Å². The average Bonchev–Trinajstić information content (AvgIpc) is 2.92. The van der Waals surface area contributed by atoms with Crippen molar-refractivity contribution in [3.05, 3.63) is 64.8 Å². The van der Waals surface area contributed by atoms with E-state index in [0.29, 0.717) is 12.3 Å². The van der Waals surface area contributed by atoms with Gasteiger partial charge in [-0.2, -0.15) is 0 Å². The predicted molar refractivity (Wildman–Crippen MR) is 106 cm³/mol. The van der Waals surface area contributed by atoms with Gasteiger partial charge in [-0.05, 0) is 62.2 Å². The molecule has 0 amide bonds. The number of methoxy groups -OCH3 is 1. The first-order valence-corrected chi connectivity index (χ1v) is 8.98. The maximum Gasteiger partial charge on any atom is 0.346 e. The van der Waals surface area contributed by atoms with Crippen molar-refractivity contribution in [3.8, 4) is 5.75 Å². The number of carbonyl (C=O) groups is 2. The monoisotopic (exact) mass is 381 g/mol. The van der Waals surface area contributed by atoms with Crippen molar-refractivity contribution in [1.29, 1.82) is 0 Å². The molecule has 0 saturated carbocycles. The highest BCUT2D eigenvalue weighted by molar-refractivity contribution is 5.95. The molecule has 0 spiro atoms. The number of rotatable bonds is 6. The molecule has 1 N–H and O–H groups in total. The summed E-state index contributed by atoms with van der Waals surface area (Å²) >= 11 is 0. The Bertz CT molecular complexity index is 1050. The Kier molecular flexibility index (Phi) is 5.40. The summed E-state index contributed by atoms with van der Waals surface area (Å²) in [7, 11) is 1.33. The maximum absolute atomic E-state index is 11.6. The van der Waals surface area contributed by atoms with Crippen molar-refractivity contribution < 1.29 is 24.2 Å². The molecule has 146 valence electrons.